The molecule has 1 fully saturated rings. The molecule has 1 N–H and O–H groups in total. The Morgan fingerprint density at radius 2 is 1.89 bits per heavy atom. The summed E-state index contributed by atoms with van der Waals surface area (Å²) in [6, 6.07) is 7.36. The van der Waals surface area contributed by atoms with Crippen molar-refractivity contribution in [3.63, 3.8) is 0 Å². The Balaban J connectivity index is 1.94. The predicted octanol–water partition coefficient (Wildman–Crippen LogP) is 4.35. The van der Waals surface area contributed by atoms with Gasteiger partial charge < -0.3 is 19.5 Å². The third kappa shape index (κ3) is 4.08. The third-order valence-electron chi connectivity index (χ3n) is 4.59. The van der Waals surface area contributed by atoms with Gasteiger partial charge in [-0.2, -0.15) is 0 Å². The van der Waals surface area contributed by atoms with Crippen LogP contribution >= 0.6 is 11.3 Å². The number of carbonyl (C=O) groups excluding carboxylic acids is 2. The van der Waals surface area contributed by atoms with Crippen LogP contribution < -0.4 is 14.8 Å². The molecule has 7 heteroatoms. The van der Waals surface area contributed by atoms with Gasteiger partial charge in [0.1, 0.15) is 4.88 Å². The molecule has 0 bridgehead atoms. The summed E-state index contributed by atoms with van der Waals surface area (Å²) in [5.74, 6) is 0.786. The van der Waals surface area contributed by atoms with Gasteiger partial charge in [-0.15, -0.1) is 11.3 Å². The third-order valence-corrected chi connectivity index (χ3v) is 5.76. The normalized spacial score (nSPS) is 13.6. The van der Waals surface area contributed by atoms with Gasteiger partial charge in [-0.25, -0.2) is 4.79 Å². The van der Waals surface area contributed by atoms with Crippen LogP contribution in [0.1, 0.15) is 35.9 Å². The quantitative estimate of drug-likeness (QED) is 0.713. The monoisotopic (exact) mass is 389 g/mol. The molecule has 2 aromatic rings. The van der Waals surface area contributed by atoms with Crippen molar-refractivity contribution in [2.75, 3.05) is 26.1 Å². The predicted molar refractivity (Wildman–Crippen MR) is 105 cm³/mol. The molecule has 6 nitrogen and oxygen atoms in total. The molecule has 0 radical (unpaired) electrons. The molecular formula is C20H23NO5S. The fourth-order valence-electron chi connectivity index (χ4n) is 2.87. The van der Waals surface area contributed by atoms with Crippen LogP contribution in [-0.4, -0.2) is 32.7 Å². The first-order chi connectivity index (χ1) is 13.1. The van der Waals surface area contributed by atoms with Crippen molar-refractivity contribution >= 4 is 28.9 Å². The SMILES string of the molecule is CCOC(=O)c1sc(-c2ccc(OC)c(OC)c2)cc1NC(=O)C1CCC1. The molecule has 0 spiro atoms. The number of esters is 1. The highest BCUT2D eigenvalue weighted by atomic mass is 32.1. The molecule has 0 aliphatic heterocycles. The van der Waals surface area contributed by atoms with Crippen molar-refractivity contribution in [2.24, 2.45) is 5.92 Å². The second-order valence-electron chi connectivity index (χ2n) is 6.26. The summed E-state index contributed by atoms with van der Waals surface area (Å²) in [4.78, 5) is 26.0. The number of amides is 1. The largest absolute Gasteiger partial charge is 0.493 e. The summed E-state index contributed by atoms with van der Waals surface area (Å²) >= 11 is 1.29. The molecule has 1 aliphatic carbocycles. The summed E-state index contributed by atoms with van der Waals surface area (Å²) in [5.41, 5.74) is 1.37. The number of methoxy groups -OCH3 is 2. The fraction of sp³-hybridized carbons (Fsp3) is 0.400. The van der Waals surface area contributed by atoms with E-state index >= 15 is 0 Å². The molecular weight excluding hydrogens is 366 g/mol. The summed E-state index contributed by atoms with van der Waals surface area (Å²) in [6.07, 6.45) is 2.86. The van der Waals surface area contributed by atoms with Gasteiger partial charge in [-0.05, 0) is 49.6 Å². The molecule has 0 unspecified atom stereocenters. The van der Waals surface area contributed by atoms with Crippen molar-refractivity contribution in [1.29, 1.82) is 0 Å². The van der Waals surface area contributed by atoms with Crippen LogP contribution in [-0.2, 0) is 9.53 Å². The minimum absolute atomic E-state index is 0.0319. The second kappa shape index (κ2) is 8.43. The van der Waals surface area contributed by atoms with E-state index < -0.39 is 5.97 Å². The van der Waals surface area contributed by atoms with E-state index in [1.807, 2.05) is 24.3 Å². The Bertz CT molecular complexity index is 841. The number of hydrogen-bond donors (Lipinski definition) is 1. The van der Waals surface area contributed by atoms with E-state index in [0.29, 0.717) is 22.1 Å². The van der Waals surface area contributed by atoms with E-state index in [1.165, 1.54) is 11.3 Å². The van der Waals surface area contributed by atoms with Crippen LogP contribution in [0.5, 0.6) is 11.5 Å². The number of hydrogen-bond acceptors (Lipinski definition) is 6. The summed E-state index contributed by atoms with van der Waals surface area (Å²) in [5, 5.41) is 2.91. The number of benzene rings is 1. The number of anilines is 1. The molecule has 0 atom stereocenters. The van der Waals surface area contributed by atoms with Gasteiger partial charge in [-0.3, -0.25) is 4.79 Å². The molecule has 1 aromatic heterocycles. The van der Waals surface area contributed by atoms with Gasteiger partial charge >= 0.3 is 5.97 Å². The first kappa shape index (κ1) is 19.2. The molecule has 27 heavy (non-hydrogen) atoms. The molecule has 144 valence electrons. The molecule has 3 rings (SSSR count). The topological polar surface area (TPSA) is 73.9 Å². The van der Waals surface area contributed by atoms with Crippen LogP contribution in [0.4, 0.5) is 5.69 Å². The lowest BCUT2D eigenvalue weighted by molar-refractivity contribution is -0.122. The second-order valence-corrected chi connectivity index (χ2v) is 7.31. The van der Waals surface area contributed by atoms with Gasteiger partial charge in [0.25, 0.3) is 0 Å². The van der Waals surface area contributed by atoms with E-state index in [9.17, 15) is 9.59 Å². The van der Waals surface area contributed by atoms with E-state index in [4.69, 9.17) is 14.2 Å². The standard InChI is InChI=1S/C20H23NO5S/c1-4-26-20(23)18-14(21-19(22)12-6-5-7-12)11-17(27-18)13-8-9-15(24-2)16(10-13)25-3/h8-12H,4-7H2,1-3H3,(H,21,22). The number of carbonyl (C=O) groups is 2. The highest BCUT2D eigenvalue weighted by Crippen LogP contribution is 2.39. The zero-order chi connectivity index (χ0) is 19.4. The molecule has 1 aliphatic rings. The van der Waals surface area contributed by atoms with Crippen LogP contribution in [0.2, 0.25) is 0 Å². The molecule has 1 saturated carbocycles. The van der Waals surface area contributed by atoms with Gasteiger partial charge in [0.05, 0.1) is 26.5 Å². The maximum Gasteiger partial charge on any atom is 0.350 e. The van der Waals surface area contributed by atoms with Crippen molar-refractivity contribution in [3.8, 4) is 21.9 Å². The van der Waals surface area contributed by atoms with E-state index in [1.54, 1.807) is 21.1 Å². The Morgan fingerprint density at radius 3 is 2.48 bits per heavy atom. The Hall–Kier alpha value is -2.54. The number of nitrogens with one attached hydrogen (secondary N) is 1. The zero-order valence-electron chi connectivity index (χ0n) is 15.7. The highest BCUT2D eigenvalue weighted by molar-refractivity contribution is 7.18. The summed E-state index contributed by atoms with van der Waals surface area (Å²) in [7, 11) is 3.15. The fourth-order valence-corrected chi connectivity index (χ4v) is 3.87. The van der Waals surface area contributed by atoms with Crippen molar-refractivity contribution in [3.05, 3.63) is 29.1 Å². The highest BCUT2D eigenvalue weighted by Gasteiger charge is 2.27. The number of ether oxygens (including phenoxy) is 3. The first-order valence-electron chi connectivity index (χ1n) is 8.91. The minimum atomic E-state index is -0.432. The molecule has 1 aromatic carbocycles. The van der Waals surface area contributed by atoms with Gasteiger partial charge in [-0.1, -0.05) is 6.42 Å². The van der Waals surface area contributed by atoms with E-state index in [2.05, 4.69) is 5.32 Å². The van der Waals surface area contributed by atoms with Crippen molar-refractivity contribution < 1.29 is 23.8 Å². The lowest BCUT2D eigenvalue weighted by Crippen LogP contribution is -2.28. The minimum Gasteiger partial charge on any atom is -0.493 e. The summed E-state index contributed by atoms with van der Waals surface area (Å²) in [6.45, 7) is 2.03. The van der Waals surface area contributed by atoms with Crippen LogP contribution in [0.3, 0.4) is 0 Å². The smallest absolute Gasteiger partial charge is 0.350 e. The van der Waals surface area contributed by atoms with Gasteiger partial charge in [0.2, 0.25) is 5.91 Å². The molecule has 1 amide bonds. The van der Waals surface area contributed by atoms with Gasteiger partial charge in [0, 0.05) is 10.8 Å². The van der Waals surface area contributed by atoms with Crippen LogP contribution in [0, 0.1) is 5.92 Å². The van der Waals surface area contributed by atoms with E-state index in [0.717, 1.165) is 29.7 Å². The Morgan fingerprint density at radius 1 is 1.15 bits per heavy atom. The Kier molecular flexibility index (Phi) is 6.01. The number of thiophene rings is 1. The van der Waals surface area contributed by atoms with E-state index in [-0.39, 0.29) is 18.4 Å². The first-order valence-corrected chi connectivity index (χ1v) is 9.73. The lowest BCUT2D eigenvalue weighted by atomic mass is 9.85. The van der Waals surface area contributed by atoms with Crippen LogP contribution in [0.25, 0.3) is 10.4 Å². The molecule has 1 heterocycles. The van der Waals surface area contributed by atoms with Crippen molar-refractivity contribution in [2.45, 2.75) is 26.2 Å². The maximum atomic E-state index is 12.4. The summed E-state index contributed by atoms with van der Waals surface area (Å²) < 4.78 is 15.8. The average molecular weight is 389 g/mol. The maximum absolute atomic E-state index is 12.4. The number of rotatable bonds is 7. The average Bonchev–Trinajstić information content (AvgIpc) is 3.03. The zero-order valence-corrected chi connectivity index (χ0v) is 16.5. The Labute approximate surface area is 162 Å². The lowest BCUT2D eigenvalue weighted by Gasteiger charge is -2.23. The van der Waals surface area contributed by atoms with Gasteiger partial charge in [0.15, 0.2) is 11.5 Å². The molecule has 0 saturated heterocycles. The van der Waals surface area contributed by atoms with Crippen LogP contribution in [0.15, 0.2) is 24.3 Å². The van der Waals surface area contributed by atoms with Crippen molar-refractivity contribution in [1.82, 2.24) is 0 Å².